The number of furan rings is 1. The molecule has 74 valence electrons. The Labute approximate surface area is 85.3 Å². The van der Waals surface area contributed by atoms with Crippen molar-refractivity contribution < 1.29 is 8.94 Å². The number of rotatable bonds is 1. The standard InChI is InChI=1S/C11H8N2O2/c12-11-6-9(13-15-11)7-2-1-3-10-8(7)4-5-14-10/h1-6H,12H2. The number of nitrogen functional groups attached to an aromatic ring is 1. The maximum absolute atomic E-state index is 5.48. The SMILES string of the molecule is Nc1cc(-c2cccc3occc23)no1. The summed E-state index contributed by atoms with van der Waals surface area (Å²) in [5, 5.41) is 4.88. The summed E-state index contributed by atoms with van der Waals surface area (Å²) >= 11 is 0. The zero-order valence-electron chi connectivity index (χ0n) is 7.81. The average molecular weight is 200 g/mol. The molecule has 2 aromatic heterocycles. The Hall–Kier alpha value is -2.23. The first kappa shape index (κ1) is 8.11. The Morgan fingerprint density at radius 1 is 1.20 bits per heavy atom. The molecule has 0 atom stereocenters. The normalized spacial score (nSPS) is 10.9. The third kappa shape index (κ3) is 1.19. The fourth-order valence-corrected chi connectivity index (χ4v) is 1.63. The smallest absolute Gasteiger partial charge is 0.222 e. The molecule has 0 fully saturated rings. The van der Waals surface area contributed by atoms with Crippen LogP contribution in [0, 0.1) is 0 Å². The van der Waals surface area contributed by atoms with E-state index >= 15 is 0 Å². The highest BCUT2D eigenvalue weighted by Crippen LogP contribution is 2.29. The van der Waals surface area contributed by atoms with Crippen molar-refractivity contribution in [2.75, 3.05) is 5.73 Å². The molecule has 2 heterocycles. The maximum atomic E-state index is 5.48. The van der Waals surface area contributed by atoms with Gasteiger partial charge in [0.05, 0.1) is 6.26 Å². The number of benzene rings is 1. The summed E-state index contributed by atoms with van der Waals surface area (Å²) in [6.07, 6.45) is 1.65. The molecule has 3 aromatic rings. The number of nitrogens with two attached hydrogens (primary N) is 1. The van der Waals surface area contributed by atoms with Crippen molar-refractivity contribution >= 4 is 16.9 Å². The second-order valence-electron chi connectivity index (χ2n) is 3.25. The van der Waals surface area contributed by atoms with Crippen LogP contribution in [-0.4, -0.2) is 5.16 Å². The number of hydrogen-bond donors (Lipinski definition) is 1. The summed E-state index contributed by atoms with van der Waals surface area (Å²) in [7, 11) is 0. The molecule has 2 N–H and O–H groups in total. The van der Waals surface area contributed by atoms with Crippen LogP contribution in [0.2, 0.25) is 0 Å². The monoisotopic (exact) mass is 200 g/mol. The molecule has 0 saturated carbocycles. The highest BCUT2D eigenvalue weighted by Gasteiger charge is 2.09. The first-order chi connectivity index (χ1) is 7.34. The minimum atomic E-state index is 0.311. The van der Waals surface area contributed by atoms with Crippen LogP contribution in [0.4, 0.5) is 5.88 Å². The summed E-state index contributed by atoms with van der Waals surface area (Å²) in [6.45, 7) is 0. The summed E-state index contributed by atoms with van der Waals surface area (Å²) in [4.78, 5) is 0. The van der Waals surface area contributed by atoms with E-state index in [-0.39, 0.29) is 0 Å². The average Bonchev–Trinajstić information content (AvgIpc) is 2.84. The van der Waals surface area contributed by atoms with E-state index in [1.165, 1.54) is 0 Å². The second-order valence-corrected chi connectivity index (χ2v) is 3.25. The minimum absolute atomic E-state index is 0.311. The van der Waals surface area contributed by atoms with Crippen LogP contribution < -0.4 is 5.73 Å². The highest BCUT2D eigenvalue weighted by molar-refractivity contribution is 5.92. The van der Waals surface area contributed by atoms with Crippen LogP contribution in [0.3, 0.4) is 0 Å². The predicted octanol–water partition coefficient (Wildman–Crippen LogP) is 2.67. The van der Waals surface area contributed by atoms with Crippen molar-refractivity contribution in [3.63, 3.8) is 0 Å². The van der Waals surface area contributed by atoms with Crippen molar-refractivity contribution in [3.8, 4) is 11.3 Å². The number of aromatic nitrogens is 1. The molecule has 0 aliphatic heterocycles. The van der Waals surface area contributed by atoms with Gasteiger partial charge < -0.3 is 14.7 Å². The van der Waals surface area contributed by atoms with Crippen LogP contribution in [0.25, 0.3) is 22.2 Å². The Morgan fingerprint density at radius 2 is 2.13 bits per heavy atom. The number of hydrogen-bond acceptors (Lipinski definition) is 4. The van der Waals surface area contributed by atoms with E-state index < -0.39 is 0 Å². The van der Waals surface area contributed by atoms with Crippen molar-refractivity contribution in [1.82, 2.24) is 5.16 Å². The fraction of sp³-hybridized carbons (Fsp3) is 0. The van der Waals surface area contributed by atoms with E-state index in [9.17, 15) is 0 Å². The predicted molar refractivity (Wildman–Crippen MR) is 56.1 cm³/mol. The van der Waals surface area contributed by atoms with Gasteiger partial charge in [-0.1, -0.05) is 17.3 Å². The third-order valence-electron chi connectivity index (χ3n) is 2.30. The zero-order valence-corrected chi connectivity index (χ0v) is 7.81. The zero-order chi connectivity index (χ0) is 10.3. The van der Waals surface area contributed by atoms with Gasteiger partial charge in [-0.05, 0) is 12.1 Å². The van der Waals surface area contributed by atoms with Crippen LogP contribution in [0.1, 0.15) is 0 Å². The molecule has 4 heteroatoms. The van der Waals surface area contributed by atoms with E-state index in [1.54, 1.807) is 12.3 Å². The largest absolute Gasteiger partial charge is 0.464 e. The summed E-state index contributed by atoms with van der Waals surface area (Å²) < 4.78 is 10.1. The van der Waals surface area contributed by atoms with Crippen LogP contribution in [-0.2, 0) is 0 Å². The van der Waals surface area contributed by atoms with Gasteiger partial charge in [0.1, 0.15) is 11.3 Å². The van der Waals surface area contributed by atoms with Crippen molar-refractivity contribution in [1.29, 1.82) is 0 Å². The van der Waals surface area contributed by atoms with Crippen LogP contribution in [0.15, 0.2) is 45.5 Å². The Morgan fingerprint density at radius 3 is 2.93 bits per heavy atom. The molecule has 4 nitrogen and oxygen atoms in total. The van der Waals surface area contributed by atoms with Gasteiger partial charge in [0.2, 0.25) is 5.88 Å². The van der Waals surface area contributed by atoms with Gasteiger partial charge in [-0.2, -0.15) is 0 Å². The molecule has 0 radical (unpaired) electrons. The lowest BCUT2D eigenvalue weighted by molar-refractivity contribution is 0.439. The van der Waals surface area contributed by atoms with Crippen molar-refractivity contribution in [2.45, 2.75) is 0 Å². The lowest BCUT2D eigenvalue weighted by Crippen LogP contribution is -1.78. The van der Waals surface area contributed by atoms with Gasteiger partial charge in [0.25, 0.3) is 0 Å². The quantitative estimate of drug-likeness (QED) is 0.655. The molecule has 0 aliphatic rings. The van der Waals surface area contributed by atoms with E-state index in [0.717, 1.165) is 22.2 Å². The number of fused-ring (bicyclic) bond motifs is 1. The molecule has 0 spiro atoms. The highest BCUT2D eigenvalue weighted by atomic mass is 16.5. The molecule has 3 rings (SSSR count). The first-order valence-electron chi connectivity index (χ1n) is 4.53. The Kier molecular flexibility index (Phi) is 1.56. The van der Waals surface area contributed by atoms with Crippen molar-refractivity contribution in [3.05, 3.63) is 36.6 Å². The van der Waals surface area contributed by atoms with Crippen LogP contribution in [0.5, 0.6) is 0 Å². The number of nitrogens with zero attached hydrogens (tertiary/aromatic N) is 1. The first-order valence-corrected chi connectivity index (χ1v) is 4.53. The topological polar surface area (TPSA) is 65.2 Å². The van der Waals surface area contributed by atoms with Gasteiger partial charge in [0, 0.05) is 17.0 Å². The summed E-state index contributed by atoms with van der Waals surface area (Å²) in [6, 6.07) is 9.36. The van der Waals surface area contributed by atoms with Gasteiger partial charge in [-0.3, -0.25) is 0 Å². The van der Waals surface area contributed by atoms with Gasteiger partial charge in [-0.15, -0.1) is 0 Å². The van der Waals surface area contributed by atoms with E-state index in [1.807, 2.05) is 24.3 Å². The molecule has 15 heavy (non-hydrogen) atoms. The molecular weight excluding hydrogens is 192 g/mol. The lowest BCUT2D eigenvalue weighted by atomic mass is 10.1. The third-order valence-corrected chi connectivity index (χ3v) is 2.30. The molecule has 0 unspecified atom stereocenters. The van der Waals surface area contributed by atoms with Crippen LogP contribution >= 0.6 is 0 Å². The second kappa shape index (κ2) is 2.88. The molecule has 0 saturated heterocycles. The van der Waals surface area contributed by atoms with E-state index in [2.05, 4.69) is 5.16 Å². The van der Waals surface area contributed by atoms with Gasteiger partial charge in [0.15, 0.2) is 0 Å². The summed E-state index contributed by atoms with van der Waals surface area (Å²) in [5.41, 5.74) is 7.99. The number of anilines is 1. The molecule has 0 amide bonds. The van der Waals surface area contributed by atoms with Gasteiger partial charge >= 0.3 is 0 Å². The minimum Gasteiger partial charge on any atom is -0.464 e. The molecule has 0 aliphatic carbocycles. The lowest BCUT2D eigenvalue weighted by Gasteiger charge is -1.95. The van der Waals surface area contributed by atoms with E-state index in [4.69, 9.17) is 14.7 Å². The summed E-state index contributed by atoms with van der Waals surface area (Å²) in [5.74, 6) is 0.311. The maximum Gasteiger partial charge on any atom is 0.222 e. The molecule has 1 aromatic carbocycles. The molecule has 0 bridgehead atoms. The van der Waals surface area contributed by atoms with Gasteiger partial charge in [-0.25, -0.2) is 0 Å². The van der Waals surface area contributed by atoms with Crippen molar-refractivity contribution in [2.24, 2.45) is 0 Å². The Balaban J connectivity index is 2.30. The Bertz CT molecular complexity index is 610. The van der Waals surface area contributed by atoms with E-state index in [0.29, 0.717) is 5.88 Å². The molecular formula is C11H8N2O2. The fourth-order valence-electron chi connectivity index (χ4n) is 1.63.